The van der Waals surface area contributed by atoms with Crippen molar-refractivity contribution >= 4 is 33.3 Å². The van der Waals surface area contributed by atoms with Crippen molar-refractivity contribution in [3.05, 3.63) is 55.1 Å². The van der Waals surface area contributed by atoms with Gasteiger partial charge in [-0.3, -0.25) is 24.0 Å². The summed E-state index contributed by atoms with van der Waals surface area (Å²) < 4.78 is 2.31. The van der Waals surface area contributed by atoms with Gasteiger partial charge in [-0.25, -0.2) is 4.79 Å². The average molecular weight is 480 g/mol. The maximum atomic E-state index is 13.1. The molecular formula is C21H30BrN5O3. The second kappa shape index (κ2) is 11.1. The third kappa shape index (κ3) is 6.06. The standard InChI is InChI=1S/C21H30BrN5O3/c1-4-6-12-26(18-19(23)27(11-5-2)21(30)24-20(18)29)17(28)14-25(3)13-15-7-9-16(22)10-8-15/h7-10H,4-6,11-14,23H2,1-3H3,(H,24,29,30). The number of anilines is 2. The number of nitrogens with two attached hydrogens (primary N) is 1. The van der Waals surface area contributed by atoms with E-state index in [2.05, 4.69) is 20.9 Å². The van der Waals surface area contributed by atoms with Crippen molar-refractivity contribution in [1.82, 2.24) is 14.5 Å². The Labute approximate surface area is 184 Å². The zero-order valence-electron chi connectivity index (χ0n) is 17.8. The molecule has 30 heavy (non-hydrogen) atoms. The molecule has 9 heteroatoms. The maximum Gasteiger partial charge on any atom is 0.330 e. The molecule has 0 saturated heterocycles. The predicted molar refractivity (Wildman–Crippen MR) is 124 cm³/mol. The van der Waals surface area contributed by atoms with E-state index in [0.717, 1.165) is 16.5 Å². The largest absolute Gasteiger partial charge is 0.383 e. The fourth-order valence-electron chi connectivity index (χ4n) is 3.23. The number of carbonyl (C=O) groups excluding carboxylic acids is 1. The van der Waals surface area contributed by atoms with Crippen LogP contribution in [0.25, 0.3) is 0 Å². The number of aromatic amines is 1. The molecule has 0 spiro atoms. The Morgan fingerprint density at radius 1 is 1.17 bits per heavy atom. The fraction of sp³-hybridized carbons (Fsp3) is 0.476. The van der Waals surface area contributed by atoms with E-state index in [-0.39, 0.29) is 24.0 Å². The maximum absolute atomic E-state index is 13.1. The van der Waals surface area contributed by atoms with Gasteiger partial charge in [0.05, 0.1) is 6.54 Å². The molecule has 1 aromatic carbocycles. The van der Waals surface area contributed by atoms with Gasteiger partial charge in [-0.2, -0.15) is 0 Å². The lowest BCUT2D eigenvalue weighted by molar-refractivity contribution is -0.119. The molecule has 0 saturated carbocycles. The van der Waals surface area contributed by atoms with Gasteiger partial charge in [0.25, 0.3) is 5.56 Å². The summed E-state index contributed by atoms with van der Waals surface area (Å²) in [4.78, 5) is 43.5. The van der Waals surface area contributed by atoms with E-state index in [1.165, 1.54) is 9.47 Å². The number of likely N-dealkylation sites (N-methyl/N-ethyl adjacent to an activating group) is 1. The van der Waals surface area contributed by atoms with Crippen LogP contribution in [0.4, 0.5) is 11.5 Å². The molecule has 0 aliphatic heterocycles. The first-order valence-corrected chi connectivity index (χ1v) is 10.9. The predicted octanol–water partition coefficient (Wildman–Crippen LogP) is 2.56. The number of nitrogens with zero attached hydrogens (tertiary/aromatic N) is 3. The fourth-order valence-corrected chi connectivity index (χ4v) is 3.50. The first kappa shape index (κ1) is 23.9. The normalized spacial score (nSPS) is 11.1. The molecule has 0 fully saturated rings. The number of hydrogen-bond donors (Lipinski definition) is 2. The smallest absolute Gasteiger partial charge is 0.330 e. The molecule has 1 heterocycles. The third-order valence-corrected chi connectivity index (χ3v) is 5.27. The number of nitrogens with one attached hydrogen (secondary N) is 1. The number of H-pyrrole nitrogens is 1. The summed E-state index contributed by atoms with van der Waals surface area (Å²) in [7, 11) is 1.85. The van der Waals surface area contributed by atoms with Gasteiger partial charge in [0.1, 0.15) is 5.82 Å². The van der Waals surface area contributed by atoms with E-state index in [9.17, 15) is 14.4 Å². The second-order valence-electron chi connectivity index (χ2n) is 7.34. The van der Waals surface area contributed by atoms with Crippen LogP contribution in [0, 0.1) is 0 Å². The molecule has 1 aromatic heterocycles. The average Bonchev–Trinajstić information content (AvgIpc) is 2.69. The molecule has 2 rings (SSSR count). The van der Waals surface area contributed by atoms with E-state index in [4.69, 9.17) is 5.73 Å². The van der Waals surface area contributed by atoms with E-state index >= 15 is 0 Å². The van der Waals surface area contributed by atoms with Gasteiger partial charge in [-0.1, -0.05) is 48.3 Å². The molecule has 0 bridgehead atoms. The SMILES string of the molecule is CCCCN(C(=O)CN(C)Cc1ccc(Br)cc1)c1c(N)n(CCC)c(=O)[nH]c1=O. The van der Waals surface area contributed by atoms with Gasteiger partial charge in [0, 0.05) is 24.1 Å². The Hall–Kier alpha value is -2.39. The number of halogens is 1. The molecule has 3 N–H and O–H groups in total. The summed E-state index contributed by atoms with van der Waals surface area (Å²) in [5, 5.41) is 0. The lowest BCUT2D eigenvalue weighted by atomic mass is 10.2. The highest BCUT2D eigenvalue weighted by atomic mass is 79.9. The van der Waals surface area contributed by atoms with Crippen molar-refractivity contribution in [1.29, 1.82) is 0 Å². The Kier molecular flexibility index (Phi) is 8.86. The first-order valence-electron chi connectivity index (χ1n) is 10.1. The number of nitrogen functional groups attached to an aromatic ring is 1. The molecule has 8 nitrogen and oxygen atoms in total. The number of carbonyl (C=O) groups is 1. The summed E-state index contributed by atoms with van der Waals surface area (Å²) >= 11 is 3.41. The van der Waals surface area contributed by atoms with E-state index in [0.29, 0.717) is 32.5 Å². The minimum atomic E-state index is -0.634. The molecule has 164 valence electrons. The number of hydrogen-bond acceptors (Lipinski definition) is 5. The van der Waals surface area contributed by atoms with Crippen molar-refractivity contribution in [2.24, 2.45) is 0 Å². The van der Waals surface area contributed by atoms with Crippen LogP contribution in [0.5, 0.6) is 0 Å². The van der Waals surface area contributed by atoms with Crippen molar-refractivity contribution in [3.8, 4) is 0 Å². The van der Waals surface area contributed by atoms with Crippen LogP contribution in [0.2, 0.25) is 0 Å². The van der Waals surface area contributed by atoms with Crippen molar-refractivity contribution in [3.63, 3.8) is 0 Å². The van der Waals surface area contributed by atoms with Gasteiger partial charge >= 0.3 is 5.69 Å². The number of unbranched alkanes of at least 4 members (excludes halogenated alkanes) is 1. The minimum absolute atomic E-state index is 0.0330. The van der Waals surface area contributed by atoms with Crippen LogP contribution in [0.15, 0.2) is 38.3 Å². The number of rotatable bonds is 10. The minimum Gasteiger partial charge on any atom is -0.383 e. The second-order valence-corrected chi connectivity index (χ2v) is 8.26. The molecule has 0 aliphatic rings. The quantitative estimate of drug-likeness (QED) is 0.544. The van der Waals surface area contributed by atoms with Gasteiger partial charge in [0.15, 0.2) is 5.69 Å². The Bertz CT molecular complexity index is 968. The Morgan fingerprint density at radius 2 is 1.83 bits per heavy atom. The van der Waals surface area contributed by atoms with Crippen molar-refractivity contribution in [2.45, 2.75) is 46.2 Å². The summed E-state index contributed by atoms with van der Waals surface area (Å²) in [5.74, 6) is -0.201. The Morgan fingerprint density at radius 3 is 2.43 bits per heavy atom. The van der Waals surface area contributed by atoms with Crippen molar-refractivity contribution in [2.75, 3.05) is 30.8 Å². The summed E-state index contributed by atoms with van der Waals surface area (Å²) in [5.41, 5.74) is 6.12. The highest BCUT2D eigenvalue weighted by Gasteiger charge is 2.24. The van der Waals surface area contributed by atoms with Crippen LogP contribution in [-0.4, -0.2) is 40.5 Å². The highest BCUT2D eigenvalue weighted by molar-refractivity contribution is 9.10. The molecule has 0 unspecified atom stereocenters. The van der Waals surface area contributed by atoms with E-state index in [1.807, 2.05) is 50.1 Å². The molecule has 0 radical (unpaired) electrons. The zero-order valence-corrected chi connectivity index (χ0v) is 19.4. The monoisotopic (exact) mass is 479 g/mol. The number of benzene rings is 1. The van der Waals surface area contributed by atoms with Gasteiger partial charge in [0.2, 0.25) is 5.91 Å². The number of amides is 1. The number of aromatic nitrogens is 2. The third-order valence-electron chi connectivity index (χ3n) is 4.74. The lowest BCUT2D eigenvalue weighted by Gasteiger charge is -2.26. The molecule has 1 amide bonds. The molecule has 0 atom stereocenters. The first-order chi connectivity index (χ1) is 14.3. The summed E-state index contributed by atoms with van der Waals surface area (Å²) in [6, 6.07) is 7.89. The summed E-state index contributed by atoms with van der Waals surface area (Å²) in [6.07, 6.45) is 2.24. The zero-order chi connectivity index (χ0) is 22.3. The summed E-state index contributed by atoms with van der Waals surface area (Å²) in [6.45, 7) is 5.35. The molecule has 0 aliphatic carbocycles. The van der Waals surface area contributed by atoms with Gasteiger partial charge in [-0.15, -0.1) is 0 Å². The highest BCUT2D eigenvalue weighted by Crippen LogP contribution is 2.19. The molecular weight excluding hydrogens is 450 g/mol. The van der Waals surface area contributed by atoms with Crippen LogP contribution in [-0.2, 0) is 17.9 Å². The van der Waals surface area contributed by atoms with E-state index < -0.39 is 11.2 Å². The van der Waals surface area contributed by atoms with Crippen molar-refractivity contribution < 1.29 is 4.79 Å². The lowest BCUT2D eigenvalue weighted by Crippen LogP contribution is -2.45. The van der Waals surface area contributed by atoms with Crippen LogP contribution in [0.3, 0.4) is 0 Å². The van der Waals surface area contributed by atoms with Crippen LogP contribution >= 0.6 is 15.9 Å². The van der Waals surface area contributed by atoms with Crippen LogP contribution < -0.4 is 21.9 Å². The van der Waals surface area contributed by atoms with Gasteiger partial charge < -0.3 is 10.6 Å². The van der Waals surface area contributed by atoms with Gasteiger partial charge in [-0.05, 0) is 37.6 Å². The van der Waals surface area contributed by atoms with E-state index in [1.54, 1.807) is 0 Å². The molecule has 2 aromatic rings. The topological polar surface area (TPSA) is 104 Å². The Balaban J connectivity index is 2.29. The van der Waals surface area contributed by atoms with Crippen LogP contribution in [0.1, 0.15) is 38.7 Å².